The number of hydrogen-bond donors (Lipinski definition) is 0. The van der Waals surface area contributed by atoms with E-state index in [1.54, 1.807) is 7.11 Å². The second kappa shape index (κ2) is 29.3. The molecule has 0 aliphatic heterocycles. The van der Waals surface area contributed by atoms with Crippen LogP contribution in [0.2, 0.25) is 0 Å². The Labute approximate surface area is 204 Å². The highest BCUT2D eigenvalue weighted by molar-refractivity contribution is 5.69. The van der Waals surface area contributed by atoms with Crippen LogP contribution in [0, 0.1) is 0 Å². The highest BCUT2D eigenvalue weighted by Crippen LogP contribution is 2.13. The average molecular weight is 475 g/mol. The Morgan fingerprint density at radius 2 is 0.848 bits per heavy atom. The summed E-state index contributed by atoms with van der Waals surface area (Å²) in [6.45, 7) is 6.30. The second-order valence-corrected chi connectivity index (χ2v) is 8.75. The Morgan fingerprint density at radius 1 is 0.485 bits per heavy atom. The van der Waals surface area contributed by atoms with E-state index in [0.29, 0.717) is 59.3 Å². The number of carbonyl (C=O) groups is 1. The van der Waals surface area contributed by atoms with E-state index in [9.17, 15) is 4.79 Å². The first-order valence-electron chi connectivity index (χ1n) is 13.7. The van der Waals surface area contributed by atoms with Gasteiger partial charge in [-0.3, -0.25) is 4.79 Å². The summed E-state index contributed by atoms with van der Waals surface area (Å²) >= 11 is 0. The fourth-order valence-corrected chi connectivity index (χ4v) is 3.61. The maximum Gasteiger partial charge on any atom is 0.305 e. The van der Waals surface area contributed by atoms with Crippen molar-refractivity contribution in [1.82, 2.24) is 0 Å². The van der Waals surface area contributed by atoms with Crippen LogP contribution in [0.5, 0.6) is 0 Å². The largest absolute Gasteiger partial charge is 0.463 e. The van der Waals surface area contributed by atoms with Gasteiger partial charge in [0.25, 0.3) is 0 Å². The van der Waals surface area contributed by atoms with Crippen LogP contribution in [0.3, 0.4) is 0 Å². The number of ether oxygens (including phenoxy) is 5. The van der Waals surface area contributed by atoms with E-state index in [-0.39, 0.29) is 5.97 Å². The molecule has 33 heavy (non-hydrogen) atoms. The van der Waals surface area contributed by atoms with Crippen LogP contribution >= 0.6 is 0 Å². The molecule has 0 aromatic heterocycles. The Bertz CT molecular complexity index is 378. The van der Waals surface area contributed by atoms with Crippen LogP contribution in [-0.4, -0.2) is 65.9 Å². The zero-order chi connectivity index (χ0) is 24.1. The van der Waals surface area contributed by atoms with Crippen molar-refractivity contribution in [3.05, 3.63) is 0 Å². The number of hydrogen-bond acceptors (Lipinski definition) is 6. The summed E-state index contributed by atoms with van der Waals surface area (Å²) in [5, 5.41) is 0. The Balaban J connectivity index is 3.13. The van der Waals surface area contributed by atoms with Crippen LogP contribution in [0.25, 0.3) is 0 Å². The normalized spacial score (nSPS) is 11.2. The van der Waals surface area contributed by atoms with Gasteiger partial charge < -0.3 is 23.7 Å². The minimum absolute atomic E-state index is 0.113. The van der Waals surface area contributed by atoms with Gasteiger partial charge in [-0.05, 0) is 6.42 Å². The van der Waals surface area contributed by atoms with Crippen molar-refractivity contribution >= 4 is 5.97 Å². The third-order valence-corrected chi connectivity index (χ3v) is 5.65. The SMILES string of the molecule is CCCCCCCCCCCCCCCCCC(=O)OCCOCCOCCOCCOC. The van der Waals surface area contributed by atoms with E-state index >= 15 is 0 Å². The Hall–Kier alpha value is -0.690. The van der Waals surface area contributed by atoms with Gasteiger partial charge in [0.1, 0.15) is 6.61 Å². The molecule has 0 unspecified atom stereocenters. The van der Waals surface area contributed by atoms with E-state index in [1.807, 2.05) is 0 Å². The van der Waals surface area contributed by atoms with Crippen molar-refractivity contribution in [2.45, 2.75) is 110 Å². The van der Waals surface area contributed by atoms with Gasteiger partial charge in [0.15, 0.2) is 0 Å². The first-order chi connectivity index (χ1) is 16.3. The quantitative estimate of drug-likeness (QED) is 0.0954. The summed E-state index contributed by atoms with van der Waals surface area (Å²) in [6, 6.07) is 0. The van der Waals surface area contributed by atoms with Gasteiger partial charge in [-0.2, -0.15) is 0 Å². The lowest BCUT2D eigenvalue weighted by Gasteiger charge is -2.07. The molecule has 6 heteroatoms. The molecule has 0 amide bonds. The minimum Gasteiger partial charge on any atom is -0.463 e. The molecular formula is C27H54O6. The fraction of sp³-hybridized carbons (Fsp3) is 0.963. The summed E-state index contributed by atoms with van der Waals surface area (Å²) in [6.07, 6.45) is 20.4. The van der Waals surface area contributed by atoms with Crippen LogP contribution in [0.4, 0.5) is 0 Å². The molecule has 0 bridgehead atoms. The minimum atomic E-state index is -0.113. The van der Waals surface area contributed by atoms with Gasteiger partial charge in [-0.1, -0.05) is 96.8 Å². The summed E-state index contributed by atoms with van der Waals surface area (Å²) in [7, 11) is 1.65. The number of rotatable bonds is 28. The van der Waals surface area contributed by atoms with Crippen LogP contribution in [0.1, 0.15) is 110 Å². The van der Waals surface area contributed by atoms with E-state index in [2.05, 4.69) is 6.92 Å². The molecule has 6 nitrogen and oxygen atoms in total. The zero-order valence-electron chi connectivity index (χ0n) is 21.9. The smallest absolute Gasteiger partial charge is 0.305 e. The van der Waals surface area contributed by atoms with Gasteiger partial charge in [0, 0.05) is 13.5 Å². The Kier molecular flexibility index (Phi) is 28.7. The van der Waals surface area contributed by atoms with Crippen molar-refractivity contribution in [2.24, 2.45) is 0 Å². The van der Waals surface area contributed by atoms with Crippen molar-refractivity contribution in [3.8, 4) is 0 Å². The zero-order valence-corrected chi connectivity index (χ0v) is 21.9. The highest BCUT2D eigenvalue weighted by Gasteiger charge is 2.02. The van der Waals surface area contributed by atoms with Crippen LogP contribution in [-0.2, 0) is 28.5 Å². The van der Waals surface area contributed by atoms with Crippen molar-refractivity contribution < 1.29 is 28.5 Å². The van der Waals surface area contributed by atoms with Crippen molar-refractivity contribution in [3.63, 3.8) is 0 Å². The van der Waals surface area contributed by atoms with E-state index in [1.165, 1.54) is 83.5 Å². The Morgan fingerprint density at radius 3 is 1.27 bits per heavy atom. The van der Waals surface area contributed by atoms with Gasteiger partial charge in [0.2, 0.25) is 0 Å². The monoisotopic (exact) mass is 474 g/mol. The lowest BCUT2D eigenvalue weighted by atomic mass is 10.0. The predicted octanol–water partition coefficient (Wildman–Crippen LogP) is 6.49. The standard InChI is InChI=1S/C27H54O6/c1-3-4-5-6-7-8-9-10-11-12-13-14-15-16-17-18-27(28)33-26-25-32-24-23-31-22-21-30-20-19-29-2/h3-26H2,1-2H3. The van der Waals surface area contributed by atoms with Crippen molar-refractivity contribution in [1.29, 1.82) is 0 Å². The van der Waals surface area contributed by atoms with Gasteiger partial charge in [0.05, 0.1) is 46.2 Å². The fourth-order valence-electron chi connectivity index (χ4n) is 3.61. The summed E-state index contributed by atoms with van der Waals surface area (Å²) in [5.74, 6) is -0.113. The molecule has 0 saturated carbocycles. The summed E-state index contributed by atoms with van der Waals surface area (Å²) in [5.41, 5.74) is 0. The molecule has 0 N–H and O–H groups in total. The maximum absolute atomic E-state index is 11.7. The third-order valence-electron chi connectivity index (χ3n) is 5.65. The molecule has 198 valence electrons. The average Bonchev–Trinajstić information content (AvgIpc) is 2.82. The second-order valence-electron chi connectivity index (χ2n) is 8.75. The van der Waals surface area contributed by atoms with Crippen molar-refractivity contribution in [2.75, 3.05) is 60.0 Å². The summed E-state index contributed by atoms with van der Waals surface area (Å²) < 4.78 is 26.2. The molecule has 0 fully saturated rings. The van der Waals surface area contributed by atoms with Gasteiger partial charge >= 0.3 is 5.97 Å². The molecule has 0 atom stereocenters. The number of carbonyl (C=O) groups excluding carboxylic acids is 1. The van der Waals surface area contributed by atoms with E-state index in [4.69, 9.17) is 23.7 Å². The predicted molar refractivity (Wildman–Crippen MR) is 135 cm³/mol. The summed E-state index contributed by atoms with van der Waals surface area (Å²) in [4.78, 5) is 11.7. The van der Waals surface area contributed by atoms with Gasteiger partial charge in [-0.25, -0.2) is 0 Å². The molecule has 0 aliphatic carbocycles. The van der Waals surface area contributed by atoms with Gasteiger partial charge in [-0.15, -0.1) is 0 Å². The molecular weight excluding hydrogens is 420 g/mol. The number of unbranched alkanes of at least 4 members (excludes halogenated alkanes) is 14. The molecule has 0 rings (SSSR count). The first kappa shape index (κ1) is 32.3. The number of esters is 1. The molecule has 0 aromatic carbocycles. The lowest BCUT2D eigenvalue weighted by Crippen LogP contribution is -2.14. The molecule has 0 saturated heterocycles. The molecule has 0 aromatic rings. The lowest BCUT2D eigenvalue weighted by molar-refractivity contribution is -0.145. The maximum atomic E-state index is 11.7. The number of methoxy groups -OCH3 is 1. The van der Waals surface area contributed by atoms with E-state index in [0.717, 1.165) is 12.8 Å². The first-order valence-corrected chi connectivity index (χ1v) is 13.7. The molecule has 0 radical (unpaired) electrons. The van der Waals surface area contributed by atoms with Crippen LogP contribution < -0.4 is 0 Å². The van der Waals surface area contributed by atoms with Crippen LogP contribution in [0.15, 0.2) is 0 Å². The topological polar surface area (TPSA) is 63.2 Å². The molecule has 0 aliphatic rings. The highest BCUT2D eigenvalue weighted by atomic mass is 16.6. The molecule has 0 heterocycles. The van der Waals surface area contributed by atoms with E-state index < -0.39 is 0 Å². The third kappa shape index (κ3) is 29.3. The molecule has 0 spiro atoms.